The van der Waals surface area contributed by atoms with Crippen molar-refractivity contribution in [1.82, 2.24) is 4.90 Å². The Morgan fingerprint density at radius 3 is 2.30 bits per heavy atom. The minimum absolute atomic E-state index is 0.112. The van der Waals surface area contributed by atoms with Gasteiger partial charge < -0.3 is 4.74 Å². The molecule has 2 aromatic rings. The van der Waals surface area contributed by atoms with Crippen molar-refractivity contribution >= 4 is 29.1 Å². The molecular weight excluding hydrogens is 400 g/mol. The van der Waals surface area contributed by atoms with Gasteiger partial charge in [-0.2, -0.15) is 0 Å². The molecule has 2 amide bonds. The second kappa shape index (κ2) is 9.19. The summed E-state index contributed by atoms with van der Waals surface area (Å²) < 4.78 is 5.22. The molecule has 2 aromatic carbocycles. The van der Waals surface area contributed by atoms with Gasteiger partial charge in [0, 0.05) is 5.02 Å². The van der Waals surface area contributed by atoms with Crippen LogP contribution < -0.4 is 9.64 Å². The standard InChI is InChI=1S/C24H27ClN2O3/c1-30-21-10-4-17(5-11-21)2-3-18-12-14-26(15-13-18)22-16-23(28)27(24(22)29)20-8-6-19(25)7-9-20/h4-11,18,22H,2-3,12-16H2,1H3/t22-/m1/s1. The summed E-state index contributed by atoms with van der Waals surface area (Å²) in [4.78, 5) is 29.0. The van der Waals surface area contributed by atoms with Gasteiger partial charge in [-0.15, -0.1) is 0 Å². The molecule has 0 spiro atoms. The normalized spacial score (nSPS) is 20.7. The van der Waals surface area contributed by atoms with Crippen molar-refractivity contribution < 1.29 is 14.3 Å². The highest BCUT2D eigenvalue weighted by molar-refractivity contribution is 6.30. The summed E-state index contributed by atoms with van der Waals surface area (Å²) in [5.41, 5.74) is 1.93. The molecule has 158 valence electrons. The smallest absolute Gasteiger partial charge is 0.251 e. The molecule has 4 rings (SSSR count). The fraction of sp³-hybridized carbons (Fsp3) is 0.417. The van der Waals surface area contributed by atoms with Crippen LogP contribution in [0.1, 0.15) is 31.2 Å². The van der Waals surface area contributed by atoms with Gasteiger partial charge >= 0.3 is 0 Å². The number of likely N-dealkylation sites (tertiary alicyclic amines) is 1. The van der Waals surface area contributed by atoms with Crippen LogP contribution in [0.3, 0.4) is 0 Å². The number of methoxy groups -OCH3 is 1. The van der Waals surface area contributed by atoms with Gasteiger partial charge in [-0.1, -0.05) is 23.7 Å². The molecule has 0 bridgehead atoms. The first-order chi connectivity index (χ1) is 14.5. The van der Waals surface area contributed by atoms with Crippen LogP contribution in [0, 0.1) is 5.92 Å². The van der Waals surface area contributed by atoms with Gasteiger partial charge in [0.1, 0.15) is 5.75 Å². The molecule has 0 aromatic heterocycles. The van der Waals surface area contributed by atoms with E-state index in [4.69, 9.17) is 16.3 Å². The average Bonchev–Trinajstić information content (AvgIpc) is 3.07. The predicted octanol–water partition coefficient (Wildman–Crippen LogP) is 4.33. The fourth-order valence-corrected chi connectivity index (χ4v) is 4.60. The van der Waals surface area contributed by atoms with E-state index in [9.17, 15) is 9.59 Å². The topological polar surface area (TPSA) is 49.9 Å². The van der Waals surface area contributed by atoms with E-state index in [0.29, 0.717) is 16.6 Å². The van der Waals surface area contributed by atoms with Crippen molar-refractivity contribution in [2.75, 3.05) is 25.1 Å². The molecule has 0 radical (unpaired) electrons. The van der Waals surface area contributed by atoms with Crippen molar-refractivity contribution in [2.45, 2.75) is 38.1 Å². The lowest BCUT2D eigenvalue weighted by molar-refractivity contribution is -0.123. The monoisotopic (exact) mass is 426 g/mol. The molecule has 0 aliphatic carbocycles. The first-order valence-electron chi connectivity index (χ1n) is 10.5. The summed E-state index contributed by atoms with van der Waals surface area (Å²) in [6.07, 6.45) is 4.59. The van der Waals surface area contributed by atoms with Crippen molar-refractivity contribution in [2.24, 2.45) is 5.92 Å². The zero-order chi connectivity index (χ0) is 21.1. The Hall–Kier alpha value is -2.37. The van der Waals surface area contributed by atoms with E-state index < -0.39 is 0 Å². The maximum absolute atomic E-state index is 13.0. The van der Waals surface area contributed by atoms with Crippen molar-refractivity contribution in [3.05, 3.63) is 59.1 Å². The second-order valence-electron chi connectivity index (χ2n) is 8.13. The number of hydrogen-bond donors (Lipinski definition) is 0. The van der Waals surface area contributed by atoms with Crippen LogP contribution >= 0.6 is 11.6 Å². The number of anilines is 1. The molecule has 2 saturated heterocycles. The van der Waals surface area contributed by atoms with E-state index in [1.54, 1.807) is 31.4 Å². The molecule has 0 unspecified atom stereocenters. The highest BCUT2D eigenvalue weighted by atomic mass is 35.5. The highest BCUT2D eigenvalue weighted by Crippen LogP contribution is 2.30. The van der Waals surface area contributed by atoms with Gasteiger partial charge in [0.05, 0.1) is 25.3 Å². The van der Waals surface area contributed by atoms with Crippen LogP contribution in [0.25, 0.3) is 0 Å². The van der Waals surface area contributed by atoms with Crippen LogP contribution in [-0.4, -0.2) is 43.0 Å². The van der Waals surface area contributed by atoms with Gasteiger partial charge in [0.25, 0.3) is 5.91 Å². The number of piperidine rings is 1. The number of hydrogen-bond acceptors (Lipinski definition) is 4. The van der Waals surface area contributed by atoms with Gasteiger partial charge in [0.2, 0.25) is 5.91 Å². The molecule has 1 atom stereocenters. The molecule has 2 heterocycles. The largest absolute Gasteiger partial charge is 0.497 e. The number of halogens is 1. The molecule has 0 saturated carbocycles. The van der Waals surface area contributed by atoms with E-state index in [2.05, 4.69) is 17.0 Å². The maximum Gasteiger partial charge on any atom is 0.251 e. The first kappa shape index (κ1) is 20.9. The van der Waals surface area contributed by atoms with E-state index in [-0.39, 0.29) is 24.3 Å². The number of rotatable bonds is 6. The predicted molar refractivity (Wildman–Crippen MR) is 118 cm³/mol. The highest BCUT2D eigenvalue weighted by Gasteiger charge is 2.43. The summed E-state index contributed by atoms with van der Waals surface area (Å²) in [5, 5.41) is 0.589. The third-order valence-electron chi connectivity index (χ3n) is 6.30. The lowest BCUT2D eigenvalue weighted by Gasteiger charge is -2.34. The Kier molecular flexibility index (Phi) is 6.40. The summed E-state index contributed by atoms with van der Waals surface area (Å²) in [7, 11) is 1.68. The molecule has 5 nitrogen and oxygen atoms in total. The van der Waals surface area contributed by atoms with Crippen LogP contribution in [0.15, 0.2) is 48.5 Å². The summed E-state index contributed by atoms with van der Waals surface area (Å²) in [6, 6.07) is 14.8. The van der Waals surface area contributed by atoms with E-state index in [1.165, 1.54) is 10.5 Å². The Morgan fingerprint density at radius 2 is 1.67 bits per heavy atom. The summed E-state index contributed by atoms with van der Waals surface area (Å²) in [6.45, 7) is 1.73. The molecule has 2 aliphatic rings. The van der Waals surface area contributed by atoms with Crippen molar-refractivity contribution in [3.8, 4) is 5.75 Å². The number of carbonyl (C=O) groups is 2. The van der Waals surface area contributed by atoms with Crippen LogP contribution in [0.2, 0.25) is 5.02 Å². The maximum atomic E-state index is 13.0. The SMILES string of the molecule is COc1ccc(CCC2CCN([C@@H]3CC(=O)N(c4ccc(Cl)cc4)C3=O)CC2)cc1. The molecule has 30 heavy (non-hydrogen) atoms. The number of aryl methyl sites for hydroxylation is 1. The van der Waals surface area contributed by atoms with Gasteiger partial charge in [-0.3, -0.25) is 14.5 Å². The van der Waals surface area contributed by atoms with Crippen molar-refractivity contribution in [3.63, 3.8) is 0 Å². The number of benzene rings is 2. The van der Waals surface area contributed by atoms with Crippen LogP contribution in [-0.2, 0) is 16.0 Å². The van der Waals surface area contributed by atoms with E-state index >= 15 is 0 Å². The fourth-order valence-electron chi connectivity index (χ4n) is 4.48. The van der Waals surface area contributed by atoms with E-state index in [1.807, 2.05) is 12.1 Å². The minimum Gasteiger partial charge on any atom is -0.497 e. The average molecular weight is 427 g/mol. The molecule has 6 heteroatoms. The number of ether oxygens (including phenoxy) is 1. The Morgan fingerprint density at radius 1 is 1.00 bits per heavy atom. The lowest BCUT2D eigenvalue weighted by atomic mass is 9.90. The molecule has 2 aliphatic heterocycles. The number of carbonyl (C=O) groups excluding carboxylic acids is 2. The Balaban J connectivity index is 1.30. The summed E-state index contributed by atoms with van der Waals surface area (Å²) >= 11 is 5.93. The summed E-state index contributed by atoms with van der Waals surface area (Å²) in [5.74, 6) is 1.30. The van der Waals surface area contributed by atoms with Crippen LogP contribution in [0.4, 0.5) is 5.69 Å². The molecular formula is C24H27ClN2O3. The van der Waals surface area contributed by atoms with Gasteiger partial charge in [0.15, 0.2) is 0 Å². The zero-order valence-electron chi connectivity index (χ0n) is 17.2. The van der Waals surface area contributed by atoms with Gasteiger partial charge in [-0.25, -0.2) is 4.90 Å². The third-order valence-corrected chi connectivity index (χ3v) is 6.55. The first-order valence-corrected chi connectivity index (χ1v) is 10.9. The van der Waals surface area contributed by atoms with Crippen molar-refractivity contribution in [1.29, 1.82) is 0 Å². The number of imide groups is 1. The zero-order valence-corrected chi connectivity index (χ0v) is 18.0. The molecule has 0 N–H and O–H groups in total. The number of nitrogens with zero attached hydrogens (tertiary/aromatic N) is 2. The Bertz CT molecular complexity index is 890. The Labute approximate surface area is 182 Å². The quantitative estimate of drug-likeness (QED) is 0.645. The minimum atomic E-state index is -0.337. The molecule has 2 fully saturated rings. The van der Waals surface area contributed by atoms with E-state index in [0.717, 1.165) is 44.5 Å². The second-order valence-corrected chi connectivity index (χ2v) is 8.57. The van der Waals surface area contributed by atoms with Crippen LogP contribution in [0.5, 0.6) is 5.75 Å². The lowest BCUT2D eigenvalue weighted by Crippen LogP contribution is -2.46. The number of amides is 2. The van der Waals surface area contributed by atoms with Gasteiger partial charge in [-0.05, 0) is 86.7 Å². The third kappa shape index (κ3) is 4.52.